The van der Waals surface area contributed by atoms with E-state index >= 15 is 0 Å². The molecule has 0 aromatic heterocycles. The van der Waals surface area contributed by atoms with Gasteiger partial charge in [0.1, 0.15) is 12.4 Å². The molecule has 1 saturated heterocycles. The molecule has 22 heavy (non-hydrogen) atoms. The molecule has 122 valence electrons. The summed E-state index contributed by atoms with van der Waals surface area (Å²) < 4.78 is 16.0. The van der Waals surface area contributed by atoms with Crippen LogP contribution in [0.2, 0.25) is 0 Å². The van der Waals surface area contributed by atoms with Crippen LogP contribution in [0.5, 0.6) is 5.75 Å². The number of carbonyl (C=O) groups excluding carboxylic acids is 1. The van der Waals surface area contributed by atoms with E-state index in [1.165, 1.54) is 0 Å². The molecular formula is C16H24N2O4. The molecule has 0 spiro atoms. The maximum absolute atomic E-state index is 11.8. The normalized spacial score (nSPS) is 15.3. The highest BCUT2D eigenvalue weighted by atomic mass is 16.5. The first kappa shape index (κ1) is 16.6. The molecule has 0 saturated carbocycles. The number of hydrogen-bond donors (Lipinski definition) is 1. The first-order chi connectivity index (χ1) is 10.8. The molecule has 2 rings (SSSR count). The number of amides is 1. The van der Waals surface area contributed by atoms with Crippen LogP contribution in [-0.4, -0.2) is 57.1 Å². The topological polar surface area (TPSA) is 60.0 Å². The van der Waals surface area contributed by atoms with Crippen LogP contribution in [0.1, 0.15) is 13.3 Å². The van der Waals surface area contributed by atoms with E-state index in [1.807, 2.05) is 25.1 Å². The summed E-state index contributed by atoms with van der Waals surface area (Å²) in [5.41, 5.74) is 0.671. The molecule has 0 unspecified atom stereocenters. The lowest BCUT2D eigenvalue weighted by Crippen LogP contribution is -2.38. The number of nitrogens with zero attached hydrogens (tertiary/aromatic N) is 1. The van der Waals surface area contributed by atoms with Gasteiger partial charge in [0, 0.05) is 31.4 Å². The molecule has 1 amide bonds. The second kappa shape index (κ2) is 9.27. The highest BCUT2D eigenvalue weighted by Crippen LogP contribution is 2.17. The van der Waals surface area contributed by atoms with Crippen LogP contribution < -0.4 is 10.1 Å². The van der Waals surface area contributed by atoms with Gasteiger partial charge in [-0.1, -0.05) is 13.0 Å². The Morgan fingerprint density at radius 2 is 2.14 bits per heavy atom. The van der Waals surface area contributed by atoms with E-state index in [4.69, 9.17) is 14.2 Å². The Morgan fingerprint density at radius 3 is 2.91 bits per heavy atom. The number of morpholine rings is 1. The molecule has 1 aromatic carbocycles. The van der Waals surface area contributed by atoms with Crippen molar-refractivity contribution in [1.82, 2.24) is 4.90 Å². The van der Waals surface area contributed by atoms with Gasteiger partial charge in [0.2, 0.25) is 0 Å². The Morgan fingerprint density at radius 1 is 1.32 bits per heavy atom. The van der Waals surface area contributed by atoms with Gasteiger partial charge in [-0.3, -0.25) is 10.2 Å². The van der Waals surface area contributed by atoms with Crippen molar-refractivity contribution in [3.8, 4) is 5.75 Å². The molecule has 0 aliphatic carbocycles. The van der Waals surface area contributed by atoms with Gasteiger partial charge in [-0.25, -0.2) is 4.79 Å². The van der Waals surface area contributed by atoms with Gasteiger partial charge in [0.05, 0.1) is 19.8 Å². The molecular weight excluding hydrogens is 284 g/mol. The largest absolute Gasteiger partial charge is 0.494 e. The summed E-state index contributed by atoms with van der Waals surface area (Å²) in [5.74, 6) is 0.743. The maximum atomic E-state index is 11.8. The zero-order chi connectivity index (χ0) is 15.6. The quantitative estimate of drug-likeness (QED) is 0.838. The number of carbonyl (C=O) groups is 1. The minimum Gasteiger partial charge on any atom is -0.494 e. The second-order valence-electron chi connectivity index (χ2n) is 5.09. The zero-order valence-electron chi connectivity index (χ0n) is 13.0. The molecule has 1 aliphatic heterocycles. The summed E-state index contributed by atoms with van der Waals surface area (Å²) in [6, 6.07) is 7.31. The van der Waals surface area contributed by atoms with Crippen molar-refractivity contribution in [2.24, 2.45) is 0 Å². The predicted octanol–water partition coefficient (Wildman–Crippen LogP) is 2.36. The van der Waals surface area contributed by atoms with Crippen molar-refractivity contribution in [2.45, 2.75) is 13.3 Å². The fourth-order valence-electron chi connectivity index (χ4n) is 2.13. The summed E-state index contributed by atoms with van der Waals surface area (Å²) in [5, 5.41) is 2.71. The highest BCUT2D eigenvalue weighted by Gasteiger charge is 2.11. The maximum Gasteiger partial charge on any atom is 0.411 e. The van der Waals surface area contributed by atoms with Crippen LogP contribution in [0.25, 0.3) is 0 Å². The third kappa shape index (κ3) is 5.91. The van der Waals surface area contributed by atoms with E-state index in [0.717, 1.165) is 45.0 Å². The van der Waals surface area contributed by atoms with Crippen LogP contribution in [0.4, 0.5) is 10.5 Å². The summed E-state index contributed by atoms with van der Waals surface area (Å²) in [4.78, 5) is 14.0. The first-order valence-electron chi connectivity index (χ1n) is 7.74. The van der Waals surface area contributed by atoms with Gasteiger partial charge in [-0.05, 0) is 18.6 Å². The molecule has 1 heterocycles. The smallest absolute Gasteiger partial charge is 0.411 e. The van der Waals surface area contributed by atoms with E-state index in [2.05, 4.69) is 10.2 Å². The number of anilines is 1. The minimum atomic E-state index is -0.444. The van der Waals surface area contributed by atoms with Crippen LogP contribution in [0.3, 0.4) is 0 Å². The SMILES string of the molecule is CCCOc1cccc(NC(=O)OCCN2CCOCC2)c1. The lowest BCUT2D eigenvalue weighted by molar-refractivity contribution is 0.0290. The highest BCUT2D eigenvalue weighted by molar-refractivity contribution is 5.84. The predicted molar refractivity (Wildman–Crippen MR) is 84.5 cm³/mol. The van der Waals surface area contributed by atoms with E-state index in [0.29, 0.717) is 18.9 Å². The fraction of sp³-hybridized carbons (Fsp3) is 0.562. The summed E-state index contributed by atoms with van der Waals surface area (Å²) in [7, 11) is 0. The van der Waals surface area contributed by atoms with E-state index in [1.54, 1.807) is 6.07 Å². The van der Waals surface area contributed by atoms with Crippen LogP contribution in [0, 0.1) is 0 Å². The van der Waals surface area contributed by atoms with Crippen LogP contribution in [-0.2, 0) is 9.47 Å². The molecule has 1 N–H and O–H groups in total. The molecule has 1 fully saturated rings. The number of nitrogens with one attached hydrogen (secondary N) is 1. The minimum absolute atomic E-state index is 0.373. The van der Waals surface area contributed by atoms with Gasteiger partial charge < -0.3 is 14.2 Å². The van der Waals surface area contributed by atoms with Gasteiger partial charge >= 0.3 is 6.09 Å². The monoisotopic (exact) mass is 308 g/mol. The Hall–Kier alpha value is -1.79. The molecule has 1 aliphatic rings. The average molecular weight is 308 g/mol. The van der Waals surface area contributed by atoms with Crippen molar-refractivity contribution in [3.05, 3.63) is 24.3 Å². The molecule has 1 aromatic rings. The number of ether oxygens (including phenoxy) is 3. The van der Waals surface area contributed by atoms with Crippen molar-refractivity contribution >= 4 is 11.8 Å². The zero-order valence-corrected chi connectivity index (χ0v) is 13.0. The third-order valence-electron chi connectivity index (χ3n) is 3.30. The summed E-state index contributed by atoms with van der Waals surface area (Å²) in [6.07, 6.45) is 0.502. The standard InChI is InChI=1S/C16H24N2O4/c1-2-9-21-15-5-3-4-14(13-15)17-16(19)22-12-8-18-6-10-20-11-7-18/h3-5,13H,2,6-12H2,1H3,(H,17,19). The third-order valence-corrected chi connectivity index (χ3v) is 3.30. The fourth-order valence-corrected chi connectivity index (χ4v) is 2.13. The Labute approximate surface area is 131 Å². The second-order valence-corrected chi connectivity index (χ2v) is 5.09. The van der Waals surface area contributed by atoms with Gasteiger partial charge in [0.25, 0.3) is 0 Å². The Kier molecular flexibility index (Phi) is 6.99. The van der Waals surface area contributed by atoms with Crippen molar-refractivity contribution in [1.29, 1.82) is 0 Å². The van der Waals surface area contributed by atoms with Crippen molar-refractivity contribution < 1.29 is 19.0 Å². The van der Waals surface area contributed by atoms with Crippen molar-refractivity contribution in [3.63, 3.8) is 0 Å². The summed E-state index contributed by atoms with van der Waals surface area (Å²) in [6.45, 7) is 7.09. The van der Waals surface area contributed by atoms with Gasteiger partial charge in [-0.2, -0.15) is 0 Å². The van der Waals surface area contributed by atoms with E-state index in [-0.39, 0.29) is 0 Å². The lowest BCUT2D eigenvalue weighted by Gasteiger charge is -2.26. The average Bonchev–Trinajstić information content (AvgIpc) is 2.54. The summed E-state index contributed by atoms with van der Waals surface area (Å²) >= 11 is 0. The van der Waals surface area contributed by atoms with Gasteiger partial charge in [-0.15, -0.1) is 0 Å². The van der Waals surface area contributed by atoms with E-state index < -0.39 is 6.09 Å². The molecule has 0 bridgehead atoms. The Bertz CT molecular complexity index is 461. The van der Waals surface area contributed by atoms with Gasteiger partial charge in [0.15, 0.2) is 0 Å². The molecule has 6 nitrogen and oxygen atoms in total. The Balaban J connectivity index is 1.69. The number of rotatable bonds is 7. The molecule has 0 atom stereocenters. The van der Waals surface area contributed by atoms with Crippen LogP contribution >= 0.6 is 0 Å². The van der Waals surface area contributed by atoms with Crippen molar-refractivity contribution in [2.75, 3.05) is 51.4 Å². The molecule has 6 heteroatoms. The van der Waals surface area contributed by atoms with Crippen LogP contribution in [0.15, 0.2) is 24.3 Å². The first-order valence-corrected chi connectivity index (χ1v) is 7.74. The van der Waals surface area contributed by atoms with E-state index in [9.17, 15) is 4.79 Å². The number of hydrogen-bond acceptors (Lipinski definition) is 5. The number of benzene rings is 1. The molecule has 0 radical (unpaired) electrons. The lowest BCUT2D eigenvalue weighted by atomic mass is 10.3.